The van der Waals surface area contributed by atoms with Crippen LogP contribution in [0.15, 0.2) is 0 Å². The van der Waals surface area contributed by atoms with Gasteiger partial charge in [-0.25, -0.2) is 0 Å². The minimum absolute atomic E-state index is 0.576. The summed E-state index contributed by atoms with van der Waals surface area (Å²) in [6, 6.07) is 0. The average Bonchev–Trinajstić information content (AvgIpc) is 1.88. The summed E-state index contributed by atoms with van der Waals surface area (Å²) in [5.74, 6) is 0. The SMILES string of the molecule is C1CC2CN(C1)CCO2. The first-order chi connectivity index (χ1) is 4.45. The van der Waals surface area contributed by atoms with Crippen molar-refractivity contribution in [3.63, 3.8) is 0 Å². The van der Waals surface area contributed by atoms with E-state index in [1.54, 1.807) is 0 Å². The summed E-state index contributed by atoms with van der Waals surface area (Å²) >= 11 is 0. The third-order valence-electron chi connectivity index (χ3n) is 2.22. The Labute approximate surface area is 55.8 Å². The molecule has 9 heavy (non-hydrogen) atoms. The molecular formula is C7H13NO. The summed E-state index contributed by atoms with van der Waals surface area (Å²) in [6.07, 6.45) is 3.20. The highest BCUT2D eigenvalue weighted by Gasteiger charge is 2.23. The fourth-order valence-corrected chi connectivity index (χ4v) is 1.70. The number of morpholine rings is 1. The van der Waals surface area contributed by atoms with E-state index in [1.807, 2.05) is 0 Å². The fraction of sp³-hybridized carbons (Fsp3) is 1.00. The summed E-state index contributed by atoms with van der Waals surface area (Å²) in [7, 11) is 0. The average molecular weight is 127 g/mol. The van der Waals surface area contributed by atoms with Crippen molar-refractivity contribution in [2.75, 3.05) is 26.2 Å². The Kier molecular flexibility index (Phi) is 1.44. The van der Waals surface area contributed by atoms with Gasteiger partial charge in [-0.2, -0.15) is 0 Å². The molecule has 0 aromatic rings. The molecule has 0 amide bonds. The summed E-state index contributed by atoms with van der Waals surface area (Å²) in [5, 5.41) is 0. The number of ether oxygens (including phenoxy) is 1. The van der Waals surface area contributed by atoms with Gasteiger partial charge in [0.05, 0.1) is 12.7 Å². The maximum absolute atomic E-state index is 5.51. The Hall–Kier alpha value is -0.0800. The zero-order chi connectivity index (χ0) is 6.10. The second-order valence-electron chi connectivity index (χ2n) is 2.94. The van der Waals surface area contributed by atoms with E-state index < -0.39 is 0 Å². The number of rotatable bonds is 0. The highest BCUT2D eigenvalue weighted by atomic mass is 16.5. The Bertz CT molecular complexity index is 85.1. The summed E-state index contributed by atoms with van der Waals surface area (Å²) < 4.78 is 5.51. The first-order valence-electron chi connectivity index (χ1n) is 3.79. The van der Waals surface area contributed by atoms with E-state index in [1.165, 1.54) is 25.9 Å². The van der Waals surface area contributed by atoms with Gasteiger partial charge >= 0.3 is 0 Å². The van der Waals surface area contributed by atoms with Gasteiger partial charge in [-0.3, -0.25) is 4.90 Å². The maximum atomic E-state index is 5.51. The lowest BCUT2D eigenvalue weighted by Gasteiger charge is -2.37. The third-order valence-corrected chi connectivity index (χ3v) is 2.22. The number of fused-ring (bicyclic) bond motifs is 2. The van der Waals surface area contributed by atoms with Crippen LogP contribution in [-0.2, 0) is 4.74 Å². The van der Waals surface area contributed by atoms with Crippen molar-refractivity contribution in [1.29, 1.82) is 0 Å². The van der Waals surface area contributed by atoms with Gasteiger partial charge in [0.15, 0.2) is 0 Å². The third kappa shape index (κ3) is 1.10. The molecule has 0 aromatic heterocycles. The molecule has 0 saturated carbocycles. The molecule has 2 heterocycles. The van der Waals surface area contributed by atoms with Crippen molar-refractivity contribution in [2.24, 2.45) is 0 Å². The molecule has 2 aliphatic rings. The van der Waals surface area contributed by atoms with Crippen LogP contribution >= 0.6 is 0 Å². The lowest BCUT2D eigenvalue weighted by molar-refractivity contribution is -0.0542. The second kappa shape index (κ2) is 2.27. The van der Waals surface area contributed by atoms with Gasteiger partial charge in [-0.15, -0.1) is 0 Å². The molecule has 2 saturated heterocycles. The zero-order valence-electron chi connectivity index (χ0n) is 5.68. The van der Waals surface area contributed by atoms with E-state index >= 15 is 0 Å². The summed E-state index contributed by atoms with van der Waals surface area (Å²) in [5.41, 5.74) is 0. The predicted octanol–water partition coefficient (Wildman–Crippen LogP) is 0.481. The van der Waals surface area contributed by atoms with Crippen molar-refractivity contribution in [3.8, 4) is 0 Å². The zero-order valence-corrected chi connectivity index (χ0v) is 5.68. The monoisotopic (exact) mass is 127 g/mol. The molecule has 0 radical (unpaired) electrons. The second-order valence-corrected chi connectivity index (χ2v) is 2.94. The standard InChI is InChI=1S/C7H13NO/c1-2-7-6-8(3-1)4-5-9-7/h7H,1-6H2. The minimum Gasteiger partial charge on any atom is -0.376 e. The van der Waals surface area contributed by atoms with Crippen LogP contribution in [0.3, 0.4) is 0 Å². The largest absolute Gasteiger partial charge is 0.376 e. The molecular weight excluding hydrogens is 114 g/mol. The van der Waals surface area contributed by atoms with Crippen LogP contribution in [0.4, 0.5) is 0 Å². The van der Waals surface area contributed by atoms with E-state index in [2.05, 4.69) is 4.90 Å². The van der Waals surface area contributed by atoms with Gasteiger partial charge in [0.25, 0.3) is 0 Å². The quantitative estimate of drug-likeness (QED) is 0.469. The van der Waals surface area contributed by atoms with Crippen LogP contribution < -0.4 is 0 Å². The molecule has 0 aromatic carbocycles. The first kappa shape index (κ1) is 5.69. The normalized spacial score (nSPS) is 42.7. The van der Waals surface area contributed by atoms with Crippen molar-refractivity contribution in [2.45, 2.75) is 18.9 Å². The van der Waals surface area contributed by atoms with E-state index in [0.717, 1.165) is 13.2 Å². The van der Waals surface area contributed by atoms with Gasteiger partial charge in [-0.1, -0.05) is 0 Å². The Morgan fingerprint density at radius 2 is 2.33 bits per heavy atom. The summed E-state index contributed by atoms with van der Waals surface area (Å²) in [4.78, 5) is 2.50. The van der Waals surface area contributed by atoms with Gasteiger partial charge in [0.1, 0.15) is 0 Å². The van der Waals surface area contributed by atoms with Crippen LogP contribution in [0.5, 0.6) is 0 Å². The number of nitrogens with zero attached hydrogens (tertiary/aromatic N) is 1. The molecule has 0 N–H and O–H groups in total. The Morgan fingerprint density at radius 3 is 3.11 bits per heavy atom. The van der Waals surface area contributed by atoms with Crippen molar-refractivity contribution in [1.82, 2.24) is 4.90 Å². The lowest BCUT2D eigenvalue weighted by Crippen LogP contribution is -2.46. The van der Waals surface area contributed by atoms with Crippen LogP contribution in [0.2, 0.25) is 0 Å². The van der Waals surface area contributed by atoms with Crippen LogP contribution in [0.1, 0.15) is 12.8 Å². The Balaban J connectivity index is 1.96. The van der Waals surface area contributed by atoms with Gasteiger partial charge in [0.2, 0.25) is 0 Å². The van der Waals surface area contributed by atoms with Crippen molar-refractivity contribution >= 4 is 0 Å². The molecule has 2 heteroatoms. The molecule has 2 fully saturated rings. The maximum Gasteiger partial charge on any atom is 0.0703 e. The number of hydrogen-bond donors (Lipinski definition) is 0. The molecule has 0 spiro atoms. The van der Waals surface area contributed by atoms with Crippen molar-refractivity contribution < 1.29 is 4.74 Å². The number of piperidine rings is 1. The fourth-order valence-electron chi connectivity index (χ4n) is 1.70. The van der Waals surface area contributed by atoms with Crippen LogP contribution in [0.25, 0.3) is 0 Å². The summed E-state index contributed by atoms with van der Waals surface area (Å²) in [6.45, 7) is 4.63. The minimum atomic E-state index is 0.576. The molecule has 2 nitrogen and oxygen atoms in total. The molecule has 2 bridgehead atoms. The first-order valence-corrected chi connectivity index (χ1v) is 3.79. The predicted molar refractivity (Wildman–Crippen MR) is 35.4 cm³/mol. The van der Waals surface area contributed by atoms with Crippen LogP contribution in [0, 0.1) is 0 Å². The molecule has 2 aliphatic heterocycles. The van der Waals surface area contributed by atoms with E-state index in [0.29, 0.717) is 6.10 Å². The molecule has 2 atom stereocenters. The highest BCUT2D eigenvalue weighted by molar-refractivity contribution is 4.76. The van der Waals surface area contributed by atoms with Gasteiger partial charge < -0.3 is 4.74 Å². The lowest BCUT2D eigenvalue weighted by atomic mass is 10.1. The highest BCUT2D eigenvalue weighted by Crippen LogP contribution is 2.16. The molecule has 52 valence electrons. The van der Waals surface area contributed by atoms with Gasteiger partial charge in [-0.05, 0) is 19.4 Å². The molecule has 2 rings (SSSR count). The van der Waals surface area contributed by atoms with Crippen LogP contribution in [-0.4, -0.2) is 37.2 Å². The van der Waals surface area contributed by atoms with E-state index in [4.69, 9.17) is 4.74 Å². The van der Waals surface area contributed by atoms with Crippen molar-refractivity contribution in [3.05, 3.63) is 0 Å². The smallest absolute Gasteiger partial charge is 0.0703 e. The Morgan fingerprint density at radius 1 is 1.33 bits per heavy atom. The van der Waals surface area contributed by atoms with E-state index in [9.17, 15) is 0 Å². The number of hydrogen-bond acceptors (Lipinski definition) is 2. The molecule has 2 unspecified atom stereocenters. The molecule has 0 aliphatic carbocycles. The van der Waals surface area contributed by atoms with E-state index in [-0.39, 0.29) is 0 Å². The van der Waals surface area contributed by atoms with Gasteiger partial charge in [0, 0.05) is 13.1 Å². The topological polar surface area (TPSA) is 12.5 Å².